The molecule has 0 saturated carbocycles. The number of carbonyl (C=O) groups excluding carboxylic acids is 2. The number of benzene rings is 1. The summed E-state index contributed by atoms with van der Waals surface area (Å²) in [6.45, 7) is 16.3. The molecule has 1 aliphatic carbocycles. The van der Waals surface area contributed by atoms with Gasteiger partial charge in [-0.3, -0.25) is 14.6 Å². The van der Waals surface area contributed by atoms with Crippen molar-refractivity contribution < 1.29 is 19.8 Å². The van der Waals surface area contributed by atoms with Crippen molar-refractivity contribution in [3.05, 3.63) is 47.2 Å². The first-order chi connectivity index (χ1) is 19.2. The predicted octanol–water partition coefficient (Wildman–Crippen LogP) is 4.30. The van der Waals surface area contributed by atoms with Gasteiger partial charge in [-0.05, 0) is 67.1 Å². The van der Waals surface area contributed by atoms with Crippen LogP contribution in [0, 0.1) is 11.8 Å². The molecule has 0 aromatic heterocycles. The number of aliphatic hydroxyl groups excluding tert-OH is 2. The van der Waals surface area contributed by atoms with E-state index < -0.39 is 17.7 Å². The number of fused-ring (bicyclic) bond motifs is 1. The number of amides is 2. The highest BCUT2D eigenvalue weighted by molar-refractivity contribution is 6.08. The molecule has 5 N–H and O–H groups in total. The van der Waals surface area contributed by atoms with Crippen molar-refractivity contribution in [3.63, 3.8) is 0 Å². The van der Waals surface area contributed by atoms with E-state index in [1.54, 1.807) is 6.08 Å². The lowest BCUT2D eigenvalue weighted by Crippen LogP contribution is -2.55. The predicted molar refractivity (Wildman–Crippen MR) is 164 cm³/mol. The minimum Gasteiger partial charge on any atom is -0.405 e. The molecule has 1 aliphatic heterocycles. The van der Waals surface area contributed by atoms with Crippen molar-refractivity contribution in [2.75, 3.05) is 19.7 Å². The summed E-state index contributed by atoms with van der Waals surface area (Å²) in [4.78, 5) is 32.8. The zero-order valence-corrected chi connectivity index (χ0v) is 26.0. The van der Waals surface area contributed by atoms with Crippen LogP contribution in [0.15, 0.2) is 35.5 Å². The maximum Gasteiger partial charge on any atom is 0.243 e. The van der Waals surface area contributed by atoms with Crippen LogP contribution < -0.4 is 11.1 Å². The van der Waals surface area contributed by atoms with Crippen molar-refractivity contribution in [1.82, 2.24) is 10.2 Å². The molecule has 2 aliphatic rings. The molecule has 3 rings (SSSR count). The smallest absolute Gasteiger partial charge is 0.243 e. The third-order valence-electron chi connectivity index (χ3n) is 7.69. The number of hydrogen-bond acceptors (Lipinski definition) is 6. The van der Waals surface area contributed by atoms with Crippen LogP contribution in [-0.4, -0.2) is 64.5 Å². The van der Waals surface area contributed by atoms with Crippen LogP contribution in [0.4, 0.5) is 0 Å². The topological polar surface area (TPSA) is 128 Å². The fraction of sp³-hybridized carbons (Fsp3) is 0.656. The molecule has 1 fully saturated rings. The van der Waals surface area contributed by atoms with Crippen LogP contribution >= 0.6 is 0 Å². The maximum absolute atomic E-state index is 13.6. The number of allylic oxidation sites excluding steroid dienone is 1. The first kappa shape index (κ1) is 35.3. The van der Waals surface area contributed by atoms with Gasteiger partial charge in [-0.15, -0.1) is 0 Å². The number of β-amino-alcohol motifs (C(OH)–C–C–N with tert-alkyl or cyclic N) is 1. The minimum absolute atomic E-state index is 0.124. The number of carbonyl (C=O) groups is 2. The fourth-order valence-corrected chi connectivity index (χ4v) is 5.31. The Morgan fingerprint density at radius 3 is 2.45 bits per heavy atom. The van der Waals surface area contributed by atoms with E-state index in [4.69, 9.17) is 5.73 Å². The Balaban J connectivity index is 0.00000191. The number of aliphatic hydroxyl groups is 2. The molecule has 1 aromatic carbocycles. The van der Waals surface area contributed by atoms with E-state index >= 15 is 0 Å². The van der Waals surface area contributed by atoms with Gasteiger partial charge in [0.1, 0.15) is 6.04 Å². The SMILES string of the molecule is CC.CC.CCN=C(/C=C\N)c1ccc2c(c1)CCCCC2(CO)NC(=O)C1CC(O)CN1C(=O)C(C)C(C)C. The van der Waals surface area contributed by atoms with Crippen LogP contribution in [0.1, 0.15) is 97.8 Å². The van der Waals surface area contributed by atoms with Gasteiger partial charge in [0, 0.05) is 25.4 Å². The van der Waals surface area contributed by atoms with E-state index in [-0.39, 0.29) is 43.2 Å². The monoisotopic (exact) mass is 558 g/mol. The van der Waals surface area contributed by atoms with E-state index in [2.05, 4.69) is 16.4 Å². The Bertz CT molecular complexity index is 1010. The average Bonchev–Trinajstić information content (AvgIpc) is 3.28. The number of likely N-dealkylation sites (tertiary alicyclic amines) is 1. The lowest BCUT2D eigenvalue weighted by molar-refractivity contribution is -0.143. The van der Waals surface area contributed by atoms with Gasteiger partial charge in [-0.25, -0.2) is 0 Å². The van der Waals surface area contributed by atoms with Crippen molar-refractivity contribution in [2.24, 2.45) is 22.6 Å². The summed E-state index contributed by atoms with van der Waals surface area (Å²) in [6, 6.07) is 5.23. The molecule has 226 valence electrons. The van der Waals surface area contributed by atoms with Crippen molar-refractivity contribution in [1.29, 1.82) is 0 Å². The summed E-state index contributed by atoms with van der Waals surface area (Å²) in [5, 5.41) is 24.1. The van der Waals surface area contributed by atoms with Crippen molar-refractivity contribution in [3.8, 4) is 0 Å². The lowest BCUT2D eigenvalue weighted by atomic mass is 9.83. The largest absolute Gasteiger partial charge is 0.405 e. The summed E-state index contributed by atoms with van der Waals surface area (Å²) in [5.74, 6) is -0.584. The Morgan fingerprint density at radius 1 is 1.20 bits per heavy atom. The molecular formula is C32H54N4O4. The Kier molecular flexibility index (Phi) is 15.2. The van der Waals surface area contributed by atoms with Gasteiger partial charge in [-0.2, -0.15) is 0 Å². The quantitative estimate of drug-likeness (QED) is 0.279. The molecule has 0 spiro atoms. The molecule has 0 bridgehead atoms. The van der Waals surface area contributed by atoms with Gasteiger partial charge in [0.2, 0.25) is 11.8 Å². The van der Waals surface area contributed by atoms with Gasteiger partial charge in [0.15, 0.2) is 0 Å². The highest BCUT2D eigenvalue weighted by Crippen LogP contribution is 2.36. The average molecular weight is 559 g/mol. The number of aryl methyl sites for hydroxylation is 1. The zero-order chi connectivity index (χ0) is 30.5. The standard InChI is InChI=1S/C28H42N4O4.2C2H6/c1-5-30-24(11-13-29)21-9-10-23-20(14-21)8-6-7-12-28(23,17-33)31-26(35)25-15-22(34)16-32(25)27(36)19(4)18(2)3;2*1-2/h9-11,13-14,18-19,22,25,33-34H,5-8,12,15-17,29H2,1-4H3,(H,31,35);2*1-2H3/b13-11-,30-24?;;. The second-order valence-electron chi connectivity index (χ2n) is 10.5. The number of hydrogen-bond donors (Lipinski definition) is 4. The highest BCUT2D eigenvalue weighted by atomic mass is 16.3. The maximum atomic E-state index is 13.6. The fourth-order valence-electron chi connectivity index (χ4n) is 5.31. The molecular weight excluding hydrogens is 504 g/mol. The summed E-state index contributed by atoms with van der Waals surface area (Å²) in [7, 11) is 0. The molecule has 1 saturated heterocycles. The van der Waals surface area contributed by atoms with Crippen LogP contribution in [0.2, 0.25) is 0 Å². The van der Waals surface area contributed by atoms with Crippen LogP contribution in [0.5, 0.6) is 0 Å². The number of rotatable bonds is 8. The highest BCUT2D eigenvalue weighted by Gasteiger charge is 2.44. The van der Waals surface area contributed by atoms with E-state index in [1.165, 1.54) is 11.1 Å². The zero-order valence-electron chi connectivity index (χ0n) is 26.0. The Morgan fingerprint density at radius 2 is 1.88 bits per heavy atom. The number of nitrogens with one attached hydrogen (secondary N) is 1. The molecule has 8 heteroatoms. The number of nitrogens with zero attached hydrogens (tertiary/aromatic N) is 2. The molecule has 1 heterocycles. The van der Waals surface area contributed by atoms with Crippen LogP contribution in [0.3, 0.4) is 0 Å². The van der Waals surface area contributed by atoms with Gasteiger partial charge in [0.05, 0.1) is 24.0 Å². The van der Waals surface area contributed by atoms with Crippen LogP contribution in [0.25, 0.3) is 0 Å². The van der Waals surface area contributed by atoms with Gasteiger partial charge in [0.25, 0.3) is 0 Å². The van der Waals surface area contributed by atoms with E-state index in [9.17, 15) is 19.8 Å². The van der Waals surface area contributed by atoms with E-state index in [1.807, 2.05) is 67.5 Å². The third-order valence-corrected chi connectivity index (χ3v) is 7.69. The first-order valence-corrected chi connectivity index (χ1v) is 15.1. The lowest BCUT2D eigenvalue weighted by Gasteiger charge is -2.36. The molecule has 1 aromatic rings. The molecule has 4 atom stereocenters. The van der Waals surface area contributed by atoms with Crippen molar-refractivity contribution in [2.45, 2.75) is 105 Å². The molecule has 0 radical (unpaired) electrons. The van der Waals surface area contributed by atoms with Gasteiger partial charge >= 0.3 is 0 Å². The molecule has 40 heavy (non-hydrogen) atoms. The summed E-state index contributed by atoms with van der Waals surface area (Å²) >= 11 is 0. The molecule has 8 nitrogen and oxygen atoms in total. The third kappa shape index (κ3) is 8.40. The van der Waals surface area contributed by atoms with E-state index in [0.717, 1.165) is 41.7 Å². The second-order valence-corrected chi connectivity index (χ2v) is 10.5. The van der Waals surface area contributed by atoms with Gasteiger partial charge in [-0.1, -0.05) is 67.0 Å². The minimum atomic E-state index is -0.959. The molecule has 4 unspecified atom stereocenters. The number of aliphatic imine (C=N–C) groups is 1. The second kappa shape index (κ2) is 17.2. The first-order valence-electron chi connectivity index (χ1n) is 15.1. The summed E-state index contributed by atoms with van der Waals surface area (Å²) in [6.07, 6.45) is 5.88. The summed E-state index contributed by atoms with van der Waals surface area (Å²) < 4.78 is 0. The molecule has 2 amide bonds. The van der Waals surface area contributed by atoms with Gasteiger partial charge < -0.3 is 26.2 Å². The number of nitrogens with two attached hydrogens (primary N) is 1. The van der Waals surface area contributed by atoms with Crippen LogP contribution in [-0.2, 0) is 21.5 Å². The summed E-state index contributed by atoms with van der Waals surface area (Å²) in [5.41, 5.74) is 8.35. The Hall–Kier alpha value is -2.71. The van der Waals surface area contributed by atoms with Crippen molar-refractivity contribution >= 4 is 17.5 Å². The van der Waals surface area contributed by atoms with E-state index in [0.29, 0.717) is 13.0 Å². The Labute approximate surface area is 242 Å². The normalized spacial score (nSPS) is 23.4.